The molecule has 2 amide bonds. The number of hydrogen-bond donors (Lipinski definition) is 1. The third-order valence-electron chi connectivity index (χ3n) is 6.06. The summed E-state index contributed by atoms with van der Waals surface area (Å²) in [5.74, 6) is 0.563. The lowest BCUT2D eigenvalue weighted by Crippen LogP contribution is -2.50. The second-order valence-electron chi connectivity index (χ2n) is 8.86. The van der Waals surface area contributed by atoms with E-state index >= 15 is 0 Å². The Balaban J connectivity index is 1.89. The number of nitrogens with zero attached hydrogens (tertiary/aromatic N) is 1. The van der Waals surface area contributed by atoms with Gasteiger partial charge in [-0.2, -0.15) is 0 Å². The number of rotatable bonds is 12. The number of methoxy groups -OCH3 is 1. The summed E-state index contributed by atoms with van der Waals surface area (Å²) in [4.78, 5) is 28.8. The van der Waals surface area contributed by atoms with Crippen molar-refractivity contribution in [1.82, 2.24) is 10.2 Å². The van der Waals surface area contributed by atoms with E-state index in [9.17, 15) is 9.59 Å². The van der Waals surface area contributed by atoms with Crippen LogP contribution < -0.4 is 10.1 Å². The van der Waals surface area contributed by atoms with Crippen molar-refractivity contribution in [2.45, 2.75) is 52.1 Å². The van der Waals surface area contributed by atoms with Crippen LogP contribution in [0.2, 0.25) is 0 Å². The monoisotopic (exact) mass is 472 g/mol. The molecule has 0 aromatic heterocycles. The van der Waals surface area contributed by atoms with Gasteiger partial charge < -0.3 is 15.0 Å². The Bertz CT molecular complexity index is 1080. The predicted octanol–water partition coefficient (Wildman–Crippen LogP) is 5.10. The maximum absolute atomic E-state index is 13.7. The first-order valence-electron chi connectivity index (χ1n) is 12.3. The summed E-state index contributed by atoms with van der Waals surface area (Å²) in [5.41, 5.74) is 4.25. The fourth-order valence-corrected chi connectivity index (χ4v) is 4.04. The third kappa shape index (κ3) is 7.99. The molecule has 35 heavy (non-hydrogen) atoms. The molecule has 0 fully saturated rings. The van der Waals surface area contributed by atoms with Gasteiger partial charge in [0.15, 0.2) is 0 Å². The molecule has 3 rings (SSSR count). The van der Waals surface area contributed by atoms with Gasteiger partial charge in [0.05, 0.1) is 7.11 Å². The van der Waals surface area contributed by atoms with E-state index in [1.165, 1.54) is 5.56 Å². The minimum atomic E-state index is -0.610. The summed E-state index contributed by atoms with van der Waals surface area (Å²) in [6, 6.07) is 25.2. The standard InChI is InChI=1S/C30H36N2O3/c1-4-19-31-30(34)28(21-25-9-6-5-7-10-25)32(22-26-11-8-12-27(20-26)35-3)29(33)18-17-24-15-13-23(2)14-16-24/h5-16,20,28H,4,17-19,21-22H2,1-3H3,(H,31,34)/t28-/m1/s1. The van der Waals surface area contributed by atoms with Gasteiger partial charge in [0.25, 0.3) is 0 Å². The van der Waals surface area contributed by atoms with Gasteiger partial charge in [0.2, 0.25) is 11.8 Å². The van der Waals surface area contributed by atoms with Gasteiger partial charge in [-0.3, -0.25) is 9.59 Å². The minimum Gasteiger partial charge on any atom is -0.497 e. The topological polar surface area (TPSA) is 58.6 Å². The summed E-state index contributed by atoms with van der Waals surface area (Å²) in [6.07, 6.45) is 2.25. The highest BCUT2D eigenvalue weighted by molar-refractivity contribution is 5.88. The molecule has 5 nitrogen and oxygen atoms in total. The van der Waals surface area contributed by atoms with Crippen molar-refractivity contribution in [3.8, 4) is 5.75 Å². The van der Waals surface area contributed by atoms with Crippen molar-refractivity contribution in [3.63, 3.8) is 0 Å². The molecule has 0 bridgehead atoms. The van der Waals surface area contributed by atoms with Crippen molar-refractivity contribution in [3.05, 3.63) is 101 Å². The highest BCUT2D eigenvalue weighted by Crippen LogP contribution is 2.20. The van der Waals surface area contributed by atoms with E-state index in [-0.39, 0.29) is 11.8 Å². The SMILES string of the molecule is CCCNC(=O)[C@@H](Cc1ccccc1)N(Cc1cccc(OC)c1)C(=O)CCc1ccc(C)cc1. The molecule has 5 heteroatoms. The Morgan fingerprint density at radius 1 is 0.914 bits per heavy atom. The quantitative estimate of drug-likeness (QED) is 0.399. The number of benzene rings is 3. The van der Waals surface area contributed by atoms with Crippen molar-refractivity contribution in [2.75, 3.05) is 13.7 Å². The molecular weight excluding hydrogens is 436 g/mol. The third-order valence-corrected chi connectivity index (χ3v) is 6.06. The Hall–Kier alpha value is -3.60. The van der Waals surface area contributed by atoms with E-state index in [1.54, 1.807) is 12.0 Å². The largest absolute Gasteiger partial charge is 0.497 e. The molecule has 0 saturated heterocycles. The Kier molecular flexibility index (Phi) is 9.91. The highest BCUT2D eigenvalue weighted by atomic mass is 16.5. The number of carbonyl (C=O) groups excluding carboxylic acids is 2. The summed E-state index contributed by atoms with van der Waals surface area (Å²) >= 11 is 0. The predicted molar refractivity (Wildman–Crippen MR) is 140 cm³/mol. The molecule has 0 aliphatic carbocycles. The van der Waals surface area contributed by atoms with Gasteiger partial charge in [-0.05, 0) is 48.6 Å². The van der Waals surface area contributed by atoms with Crippen molar-refractivity contribution in [1.29, 1.82) is 0 Å². The molecule has 3 aromatic rings. The van der Waals surface area contributed by atoms with Crippen molar-refractivity contribution in [2.24, 2.45) is 0 Å². The Morgan fingerprint density at radius 3 is 2.31 bits per heavy atom. The number of aryl methyl sites for hydroxylation is 2. The van der Waals surface area contributed by atoms with E-state index in [2.05, 4.69) is 29.6 Å². The van der Waals surface area contributed by atoms with E-state index in [0.29, 0.717) is 32.4 Å². The van der Waals surface area contributed by atoms with Crippen LogP contribution in [0.25, 0.3) is 0 Å². The van der Waals surface area contributed by atoms with Crippen LogP contribution >= 0.6 is 0 Å². The first-order chi connectivity index (χ1) is 17.0. The fourth-order valence-electron chi connectivity index (χ4n) is 4.04. The molecule has 0 heterocycles. The van der Waals surface area contributed by atoms with E-state index < -0.39 is 6.04 Å². The Labute approximate surface area is 209 Å². The molecule has 1 atom stereocenters. The molecule has 1 N–H and O–H groups in total. The summed E-state index contributed by atoms with van der Waals surface area (Å²) in [5, 5.41) is 3.02. The lowest BCUT2D eigenvalue weighted by Gasteiger charge is -2.32. The number of ether oxygens (including phenoxy) is 1. The lowest BCUT2D eigenvalue weighted by atomic mass is 10.0. The van der Waals surface area contributed by atoms with Crippen LogP contribution in [-0.4, -0.2) is 36.4 Å². The first kappa shape index (κ1) is 26.0. The van der Waals surface area contributed by atoms with Gasteiger partial charge in [-0.15, -0.1) is 0 Å². The van der Waals surface area contributed by atoms with Crippen LogP contribution in [0, 0.1) is 6.92 Å². The average molecular weight is 473 g/mol. The van der Waals surface area contributed by atoms with Crippen LogP contribution in [-0.2, 0) is 29.0 Å². The molecule has 0 unspecified atom stereocenters. The van der Waals surface area contributed by atoms with Crippen LogP contribution in [0.3, 0.4) is 0 Å². The summed E-state index contributed by atoms with van der Waals surface area (Å²) in [6.45, 7) is 4.98. The van der Waals surface area contributed by atoms with E-state index in [1.807, 2.05) is 68.4 Å². The maximum Gasteiger partial charge on any atom is 0.243 e. The highest BCUT2D eigenvalue weighted by Gasteiger charge is 2.30. The minimum absolute atomic E-state index is 0.0408. The maximum atomic E-state index is 13.7. The van der Waals surface area contributed by atoms with Gasteiger partial charge in [-0.1, -0.05) is 79.2 Å². The lowest BCUT2D eigenvalue weighted by molar-refractivity contribution is -0.141. The van der Waals surface area contributed by atoms with Crippen LogP contribution in [0.15, 0.2) is 78.9 Å². The van der Waals surface area contributed by atoms with Gasteiger partial charge >= 0.3 is 0 Å². The smallest absolute Gasteiger partial charge is 0.243 e. The zero-order valence-electron chi connectivity index (χ0n) is 21.0. The fraction of sp³-hybridized carbons (Fsp3) is 0.333. The second-order valence-corrected chi connectivity index (χ2v) is 8.86. The molecular formula is C30H36N2O3. The van der Waals surface area contributed by atoms with E-state index in [0.717, 1.165) is 28.9 Å². The molecule has 0 aliphatic rings. The van der Waals surface area contributed by atoms with Crippen molar-refractivity contribution < 1.29 is 14.3 Å². The van der Waals surface area contributed by atoms with Crippen LogP contribution in [0.4, 0.5) is 0 Å². The number of nitrogens with one attached hydrogen (secondary N) is 1. The average Bonchev–Trinajstić information content (AvgIpc) is 2.89. The molecule has 0 aliphatic heterocycles. The number of hydrogen-bond acceptors (Lipinski definition) is 3. The zero-order valence-corrected chi connectivity index (χ0v) is 21.0. The first-order valence-corrected chi connectivity index (χ1v) is 12.3. The second kappa shape index (κ2) is 13.3. The van der Waals surface area contributed by atoms with Crippen LogP contribution in [0.1, 0.15) is 42.0 Å². The van der Waals surface area contributed by atoms with Crippen LogP contribution in [0.5, 0.6) is 5.75 Å². The number of amides is 2. The molecule has 0 radical (unpaired) electrons. The van der Waals surface area contributed by atoms with Gasteiger partial charge in [0.1, 0.15) is 11.8 Å². The van der Waals surface area contributed by atoms with Crippen molar-refractivity contribution >= 4 is 11.8 Å². The van der Waals surface area contributed by atoms with Gasteiger partial charge in [-0.25, -0.2) is 0 Å². The molecule has 184 valence electrons. The summed E-state index contributed by atoms with van der Waals surface area (Å²) < 4.78 is 5.39. The molecule has 0 spiro atoms. The Morgan fingerprint density at radius 2 is 1.63 bits per heavy atom. The normalized spacial score (nSPS) is 11.5. The molecule has 0 saturated carbocycles. The molecule has 3 aromatic carbocycles. The van der Waals surface area contributed by atoms with E-state index in [4.69, 9.17) is 4.74 Å². The summed E-state index contributed by atoms with van der Waals surface area (Å²) in [7, 11) is 1.63. The van der Waals surface area contributed by atoms with Gasteiger partial charge in [0, 0.05) is 25.9 Å². The number of carbonyl (C=O) groups is 2. The zero-order chi connectivity index (χ0) is 25.0.